The maximum absolute atomic E-state index is 13.0. The highest BCUT2D eigenvalue weighted by molar-refractivity contribution is 5.81. The number of nitrogens with zero attached hydrogens (tertiary/aromatic N) is 3. The van der Waals surface area contributed by atoms with Crippen molar-refractivity contribution in [3.05, 3.63) is 36.0 Å². The molecule has 3 rings (SSSR count). The van der Waals surface area contributed by atoms with Gasteiger partial charge in [-0.25, -0.2) is 4.39 Å². The third-order valence-corrected chi connectivity index (χ3v) is 4.67. The average molecular weight is 360 g/mol. The second kappa shape index (κ2) is 7.95. The van der Waals surface area contributed by atoms with Crippen LogP contribution in [0.25, 0.3) is 11.4 Å². The number of amides is 1. The van der Waals surface area contributed by atoms with Crippen molar-refractivity contribution in [3.8, 4) is 11.4 Å². The first-order valence-corrected chi connectivity index (χ1v) is 9.08. The molecular formula is C19H25FN4O2. The number of nitrogens with two attached hydrogens (primary N) is 1. The highest BCUT2D eigenvalue weighted by atomic mass is 19.1. The molecule has 140 valence electrons. The number of carbonyl (C=O) groups excluding carboxylic acids is 1. The molecule has 0 bridgehead atoms. The highest BCUT2D eigenvalue weighted by Crippen LogP contribution is 2.28. The Morgan fingerprint density at radius 2 is 2.12 bits per heavy atom. The van der Waals surface area contributed by atoms with Crippen LogP contribution in [0.15, 0.2) is 28.8 Å². The summed E-state index contributed by atoms with van der Waals surface area (Å²) in [5, 5.41) is 4.00. The van der Waals surface area contributed by atoms with Gasteiger partial charge in [0.1, 0.15) is 5.82 Å². The monoisotopic (exact) mass is 360 g/mol. The van der Waals surface area contributed by atoms with E-state index in [9.17, 15) is 9.18 Å². The average Bonchev–Trinajstić information content (AvgIpc) is 3.11. The fourth-order valence-electron chi connectivity index (χ4n) is 3.34. The van der Waals surface area contributed by atoms with Crippen molar-refractivity contribution in [3.63, 3.8) is 0 Å². The lowest BCUT2D eigenvalue weighted by Crippen LogP contribution is -2.48. The summed E-state index contributed by atoms with van der Waals surface area (Å²) in [4.78, 5) is 18.8. The molecule has 26 heavy (non-hydrogen) atoms. The Balaban J connectivity index is 1.68. The zero-order valence-electron chi connectivity index (χ0n) is 15.2. The molecule has 1 unspecified atom stereocenters. The lowest BCUT2D eigenvalue weighted by atomic mass is 9.96. The van der Waals surface area contributed by atoms with Crippen molar-refractivity contribution in [2.75, 3.05) is 13.1 Å². The Morgan fingerprint density at radius 3 is 2.81 bits per heavy atom. The zero-order chi connectivity index (χ0) is 18.7. The number of aromatic nitrogens is 2. The molecule has 1 amide bonds. The van der Waals surface area contributed by atoms with Gasteiger partial charge in [0, 0.05) is 18.7 Å². The first-order valence-electron chi connectivity index (χ1n) is 9.08. The molecule has 1 saturated heterocycles. The third kappa shape index (κ3) is 4.27. The molecule has 1 aromatic heterocycles. The van der Waals surface area contributed by atoms with Gasteiger partial charge in [0.15, 0.2) is 0 Å². The molecule has 0 radical (unpaired) electrons. The summed E-state index contributed by atoms with van der Waals surface area (Å²) >= 11 is 0. The number of likely N-dealkylation sites (tertiary alicyclic amines) is 1. The molecule has 2 heterocycles. The summed E-state index contributed by atoms with van der Waals surface area (Å²) in [5.41, 5.74) is 6.75. The normalized spacial score (nSPS) is 19.0. The Kier molecular flexibility index (Phi) is 5.66. The molecule has 1 aromatic carbocycles. The Bertz CT molecular complexity index is 744. The Labute approximate surface area is 152 Å². The van der Waals surface area contributed by atoms with Crippen LogP contribution < -0.4 is 5.73 Å². The molecule has 0 spiro atoms. The van der Waals surface area contributed by atoms with Crippen LogP contribution in [0, 0.1) is 11.7 Å². The predicted molar refractivity (Wildman–Crippen MR) is 95.7 cm³/mol. The number of hydrogen-bond donors (Lipinski definition) is 1. The summed E-state index contributed by atoms with van der Waals surface area (Å²) in [5.74, 6) is 1.00. The minimum atomic E-state index is -0.466. The first-order chi connectivity index (χ1) is 12.4. The van der Waals surface area contributed by atoms with E-state index in [1.807, 2.05) is 4.90 Å². The van der Waals surface area contributed by atoms with Crippen LogP contribution in [0.4, 0.5) is 4.39 Å². The summed E-state index contributed by atoms with van der Waals surface area (Å²) in [6, 6.07) is 5.49. The molecule has 6 nitrogen and oxygen atoms in total. The van der Waals surface area contributed by atoms with Crippen LogP contribution in [-0.2, 0) is 4.79 Å². The summed E-state index contributed by atoms with van der Waals surface area (Å²) in [7, 11) is 0. The van der Waals surface area contributed by atoms with E-state index in [-0.39, 0.29) is 17.6 Å². The molecule has 2 aromatic rings. The van der Waals surface area contributed by atoms with Crippen molar-refractivity contribution in [2.24, 2.45) is 11.7 Å². The molecule has 2 N–H and O–H groups in total. The van der Waals surface area contributed by atoms with E-state index in [1.165, 1.54) is 12.1 Å². The fourth-order valence-corrected chi connectivity index (χ4v) is 3.34. The topological polar surface area (TPSA) is 85.3 Å². The van der Waals surface area contributed by atoms with Gasteiger partial charge in [-0.15, -0.1) is 0 Å². The maximum atomic E-state index is 13.0. The number of benzene rings is 1. The van der Waals surface area contributed by atoms with E-state index in [2.05, 4.69) is 24.0 Å². The minimum Gasteiger partial charge on any atom is -0.341 e. The molecule has 1 fully saturated rings. The van der Waals surface area contributed by atoms with Crippen LogP contribution in [0.3, 0.4) is 0 Å². The van der Waals surface area contributed by atoms with Gasteiger partial charge >= 0.3 is 0 Å². The lowest BCUT2D eigenvalue weighted by molar-refractivity contribution is -0.134. The number of hydrogen-bond acceptors (Lipinski definition) is 5. The predicted octanol–water partition coefficient (Wildman–Crippen LogP) is 2.96. The second-order valence-corrected chi connectivity index (χ2v) is 7.32. The number of halogens is 1. The SMILES string of the molecule is CC(C)C[C@H](N)C(=O)N1CCCC(c2nc(-c3ccc(F)cc3)no2)C1. The molecule has 7 heteroatoms. The number of rotatable bonds is 5. The molecule has 2 atom stereocenters. The minimum absolute atomic E-state index is 0.000600. The third-order valence-electron chi connectivity index (χ3n) is 4.67. The maximum Gasteiger partial charge on any atom is 0.239 e. The lowest BCUT2D eigenvalue weighted by Gasteiger charge is -2.33. The summed E-state index contributed by atoms with van der Waals surface area (Å²) in [6.45, 7) is 5.36. The van der Waals surface area contributed by atoms with Gasteiger partial charge < -0.3 is 15.2 Å². The summed E-state index contributed by atoms with van der Waals surface area (Å²) in [6.07, 6.45) is 2.43. The summed E-state index contributed by atoms with van der Waals surface area (Å²) < 4.78 is 18.5. The standard InChI is InChI=1S/C19H25FN4O2/c1-12(2)10-16(21)19(25)24-9-3-4-14(11-24)18-22-17(23-26-18)13-5-7-15(20)8-6-13/h5-8,12,14,16H,3-4,9-11,21H2,1-2H3/t14?,16-/m0/s1. The first kappa shape index (κ1) is 18.5. The smallest absolute Gasteiger partial charge is 0.239 e. The molecule has 0 aliphatic carbocycles. The van der Waals surface area contributed by atoms with E-state index in [4.69, 9.17) is 10.3 Å². The van der Waals surface area contributed by atoms with Crippen molar-refractivity contribution < 1.29 is 13.7 Å². The largest absolute Gasteiger partial charge is 0.341 e. The number of piperidine rings is 1. The molecular weight excluding hydrogens is 335 g/mol. The van der Waals surface area contributed by atoms with E-state index < -0.39 is 6.04 Å². The molecule has 1 aliphatic heterocycles. The van der Waals surface area contributed by atoms with E-state index >= 15 is 0 Å². The van der Waals surface area contributed by atoms with Crippen LogP contribution in [0.1, 0.15) is 44.9 Å². The Hall–Kier alpha value is -2.28. The van der Waals surface area contributed by atoms with Crippen LogP contribution in [-0.4, -0.2) is 40.1 Å². The zero-order valence-corrected chi connectivity index (χ0v) is 15.2. The van der Waals surface area contributed by atoms with Gasteiger partial charge in [-0.3, -0.25) is 4.79 Å². The van der Waals surface area contributed by atoms with Crippen LogP contribution >= 0.6 is 0 Å². The van der Waals surface area contributed by atoms with Gasteiger partial charge in [0.05, 0.1) is 12.0 Å². The van der Waals surface area contributed by atoms with Crippen LogP contribution in [0.5, 0.6) is 0 Å². The van der Waals surface area contributed by atoms with E-state index in [1.54, 1.807) is 12.1 Å². The van der Waals surface area contributed by atoms with Crippen molar-refractivity contribution in [2.45, 2.75) is 45.1 Å². The van der Waals surface area contributed by atoms with Crippen molar-refractivity contribution in [1.29, 1.82) is 0 Å². The second-order valence-electron chi connectivity index (χ2n) is 7.32. The van der Waals surface area contributed by atoms with E-state index in [0.29, 0.717) is 42.7 Å². The van der Waals surface area contributed by atoms with Gasteiger partial charge in [-0.2, -0.15) is 4.98 Å². The van der Waals surface area contributed by atoms with Gasteiger partial charge in [-0.1, -0.05) is 19.0 Å². The fraction of sp³-hybridized carbons (Fsp3) is 0.526. The van der Waals surface area contributed by atoms with Gasteiger partial charge in [0.2, 0.25) is 17.6 Å². The Morgan fingerprint density at radius 1 is 1.38 bits per heavy atom. The van der Waals surface area contributed by atoms with Gasteiger partial charge in [-0.05, 0) is 49.4 Å². The van der Waals surface area contributed by atoms with Crippen LogP contribution in [0.2, 0.25) is 0 Å². The number of carbonyl (C=O) groups is 1. The molecule has 1 aliphatic rings. The van der Waals surface area contributed by atoms with Crippen molar-refractivity contribution >= 4 is 5.91 Å². The molecule has 0 saturated carbocycles. The van der Waals surface area contributed by atoms with E-state index in [0.717, 1.165) is 12.8 Å². The van der Waals surface area contributed by atoms with Crippen molar-refractivity contribution in [1.82, 2.24) is 15.0 Å². The van der Waals surface area contributed by atoms with Gasteiger partial charge in [0.25, 0.3) is 0 Å². The quantitative estimate of drug-likeness (QED) is 0.886. The highest BCUT2D eigenvalue weighted by Gasteiger charge is 2.31.